The highest BCUT2D eigenvalue weighted by Gasteiger charge is 2.41. The number of rotatable bonds is 7. The lowest BCUT2D eigenvalue weighted by atomic mass is 9.93. The zero-order valence-corrected chi connectivity index (χ0v) is 18.4. The van der Waals surface area contributed by atoms with Gasteiger partial charge in [0.2, 0.25) is 0 Å². The standard InChI is InChI=1S/C26H31N3O/c1-5-6-7-16-29-25(21-14-12-19(13-15-21)17(2)3)22-23(27-28-24(22)26(29)30)20-10-8-18(4)9-11-20/h8-15,17,25H,5-7,16H2,1-4H3,(H,27,28). The number of nitrogens with one attached hydrogen (secondary N) is 1. The Hall–Kier alpha value is -2.88. The minimum absolute atomic E-state index is 0.0601. The molecule has 4 heteroatoms. The van der Waals surface area contributed by atoms with E-state index >= 15 is 0 Å². The van der Waals surface area contributed by atoms with Gasteiger partial charge in [-0.05, 0) is 30.4 Å². The third-order valence-corrected chi connectivity index (χ3v) is 6.11. The monoisotopic (exact) mass is 401 g/mol. The molecule has 1 amide bonds. The first kappa shape index (κ1) is 20.4. The van der Waals surface area contributed by atoms with Gasteiger partial charge in [0.05, 0.1) is 11.7 Å². The van der Waals surface area contributed by atoms with E-state index in [4.69, 9.17) is 0 Å². The summed E-state index contributed by atoms with van der Waals surface area (Å²) in [4.78, 5) is 15.3. The van der Waals surface area contributed by atoms with Crippen LogP contribution in [0.5, 0.6) is 0 Å². The van der Waals surface area contributed by atoms with Crippen molar-refractivity contribution < 1.29 is 4.79 Å². The second-order valence-corrected chi connectivity index (χ2v) is 8.66. The van der Waals surface area contributed by atoms with Gasteiger partial charge < -0.3 is 4.90 Å². The van der Waals surface area contributed by atoms with E-state index in [1.807, 2.05) is 4.90 Å². The van der Waals surface area contributed by atoms with Gasteiger partial charge in [0.1, 0.15) is 5.69 Å². The van der Waals surface area contributed by atoms with E-state index in [0.717, 1.165) is 48.2 Å². The van der Waals surface area contributed by atoms with E-state index < -0.39 is 0 Å². The van der Waals surface area contributed by atoms with Crippen LogP contribution in [-0.4, -0.2) is 27.5 Å². The normalized spacial score (nSPS) is 15.8. The maximum atomic E-state index is 13.3. The van der Waals surface area contributed by atoms with Crippen molar-refractivity contribution >= 4 is 5.91 Å². The zero-order chi connectivity index (χ0) is 21.3. The van der Waals surface area contributed by atoms with E-state index in [1.165, 1.54) is 11.1 Å². The Morgan fingerprint density at radius 2 is 1.73 bits per heavy atom. The van der Waals surface area contributed by atoms with Gasteiger partial charge in [-0.15, -0.1) is 0 Å². The number of nitrogens with zero attached hydrogens (tertiary/aromatic N) is 2. The number of hydrogen-bond donors (Lipinski definition) is 1. The van der Waals surface area contributed by atoms with Crippen LogP contribution in [0.25, 0.3) is 11.3 Å². The van der Waals surface area contributed by atoms with E-state index in [0.29, 0.717) is 11.6 Å². The second-order valence-electron chi connectivity index (χ2n) is 8.66. The van der Waals surface area contributed by atoms with Gasteiger partial charge in [0.15, 0.2) is 0 Å². The molecule has 30 heavy (non-hydrogen) atoms. The molecule has 0 saturated heterocycles. The van der Waals surface area contributed by atoms with Gasteiger partial charge in [-0.3, -0.25) is 9.89 Å². The molecule has 3 aromatic rings. The first-order valence-corrected chi connectivity index (χ1v) is 11.1. The van der Waals surface area contributed by atoms with E-state index in [-0.39, 0.29) is 11.9 Å². The van der Waals surface area contributed by atoms with E-state index in [9.17, 15) is 4.79 Å². The summed E-state index contributed by atoms with van der Waals surface area (Å²) < 4.78 is 0. The van der Waals surface area contributed by atoms with Gasteiger partial charge in [-0.2, -0.15) is 5.10 Å². The molecule has 2 aromatic carbocycles. The predicted octanol–water partition coefficient (Wildman–Crippen LogP) is 6.24. The van der Waals surface area contributed by atoms with Crippen LogP contribution < -0.4 is 0 Å². The molecule has 156 valence electrons. The number of H-pyrrole nitrogens is 1. The summed E-state index contributed by atoms with van der Waals surface area (Å²) in [6.07, 6.45) is 3.28. The average Bonchev–Trinajstić information content (AvgIpc) is 3.28. The third-order valence-electron chi connectivity index (χ3n) is 6.11. The van der Waals surface area contributed by atoms with Gasteiger partial charge in [0, 0.05) is 17.7 Å². The molecular weight excluding hydrogens is 370 g/mol. The third kappa shape index (κ3) is 3.67. The molecule has 1 aliphatic rings. The topological polar surface area (TPSA) is 49.0 Å². The van der Waals surface area contributed by atoms with Crippen molar-refractivity contribution in [1.29, 1.82) is 0 Å². The molecule has 1 aromatic heterocycles. The molecule has 0 bridgehead atoms. The molecule has 0 saturated carbocycles. The van der Waals surface area contributed by atoms with Gasteiger partial charge in [-0.25, -0.2) is 0 Å². The first-order chi connectivity index (χ1) is 14.5. The molecule has 1 unspecified atom stereocenters. The number of amides is 1. The van der Waals surface area contributed by atoms with Crippen molar-refractivity contribution in [3.05, 3.63) is 76.5 Å². The highest BCUT2D eigenvalue weighted by Crippen LogP contribution is 2.43. The molecule has 2 heterocycles. The fourth-order valence-electron chi connectivity index (χ4n) is 4.30. The van der Waals surface area contributed by atoms with Gasteiger partial charge in [-0.1, -0.05) is 87.7 Å². The fourth-order valence-corrected chi connectivity index (χ4v) is 4.30. The lowest BCUT2D eigenvalue weighted by Crippen LogP contribution is -2.30. The molecule has 1 atom stereocenters. The van der Waals surface area contributed by atoms with Crippen molar-refractivity contribution in [2.75, 3.05) is 6.54 Å². The van der Waals surface area contributed by atoms with Crippen LogP contribution >= 0.6 is 0 Å². The summed E-state index contributed by atoms with van der Waals surface area (Å²) in [5.74, 6) is 0.544. The van der Waals surface area contributed by atoms with Crippen LogP contribution in [0.1, 0.15) is 84.7 Å². The number of aromatic nitrogens is 2. The molecule has 4 nitrogen and oxygen atoms in total. The van der Waals surface area contributed by atoms with Gasteiger partial charge in [0.25, 0.3) is 5.91 Å². The number of aryl methyl sites for hydroxylation is 1. The van der Waals surface area contributed by atoms with Crippen LogP contribution in [0.15, 0.2) is 48.5 Å². The summed E-state index contributed by atoms with van der Waals surface area (Å²) in [5.41, 5.74) is 7.26. The number of carbonyl (C=O) groups is 1. The van der Waals surface area contributed by atoms with E-state index in [1.54, 1.807) is 0 Å². The molecule has 0 fully saturated rings. The van der Waals surface area contributed by atoms with Crippen LogP contribution in [-0.2, 0) is 0 Å². The number of benzene rings is 2. The van der Waals surface area contributed by atoms with Crippen molar-refractivity contribution in [2.45, 2.75) is 58.9 Å². The molecule has 1 N–H and O–H groups in total. The Morgan fingerprint density at radius 3 is 2.37 bits per heavy atom. The van der Waals surface area contributed by atoms with Crippen molar-refractivity contribution in [2.24, 2.45) is 0 Å². The number of aromatic amines is 1. The minimum atomic E-state index is -0.0966. The van der Waals surface area contributed by atoms with Crippen LogP contribution in [0.2, 0.25) is 0 Å². The molecule has 4 rings (SSSR count). The minimum Gasteiger partial charge on any atom is -0.326 e. The lowest BCUT2D eigenvalue weighted by Gasteiger charge is -2.26. The molecular formula is C26H31N3O. The number of carbonyl (C=O) groups excluding carboxylic acids is 1. The molecule has 0 spiro atoms. The average molecular weight is 402 g/mol. The maximum absolute atomic E-state index is 13.3. The van der Waals surface area contributed by atoms with Crippen LogP contribution in [0, 0.1) is 6.92 Å². The SMILES string of the molecule is CCCCCN1C(=O)c2[nH]nc(-c3ccc(C)cc3)c2C1c1ccc(C(C)C)cc1. The van der Waals surface area contributed by atoms with E-state index in [2.05, 4.69) is 86.4 Å². The quantitative estimate of drug-likeness (QED) is 0.476. The maximum Gasteiger partial charge on any atom is 0.273 e. The van der Waals surface area contributed by atoms with Crippen molar-refractivity contribution in [3.8, 4) is 11.3 Å². The Balaban J connectivity index is 1.79. The lowest BCUT2D eigenvalue weighted by molar-refractivity contribution is 0.0740. The molecule has 0 aliphatic carbocycles. The Kier molecular flexibility index (Phi) is 5.76. The summed E-state index contributed by atoms with van der Waals surface area (Å²) in [5, 5.41) is 7.63. The van der Waals surface area contributed by atoms with Crippen LogP contribution in [0.4, 0.5) is 0 Å². The summed E-state index contributed by atoms with van der Waals surface area (Å²) in [7, 11) is 0. The zero-order valence-electron chi connectivity index (χ0n) is 18.4. The molecule has 0 radical (unpaired) electrons. The predicted molar refractivity (Wildman–Crippen MR) is 122 cm³/mol. The number of hydrogen-bond acceptors (Lipinski definition) is 2. The second kappa shape index (κ2) is 8.47. The highest BCUT2D eigenvalue weighted by atomic mass is 16.2. The van der Waals surface area contributed by atoms with Crippen molar-refractivity contribution in [3.63, 3.8) is 0 Å². The van der Waals surface area contributed by atoms with Crippen molar-refractivity contribution in [1.82, 2.24) is 15.1 Å². The largest absolute Gasteiger partial charge is 0.326 e. The molecule has 1 aliphatic heterocycles. The van der Waals surface area contributed by atoms with Gasteiger partial charge >= 0.3 is 0 Å². The van der Waals surface area contributed by atoms with Crippen LogP contribution in [0.3, 0.4) is 0 Å². The smallest absolute Gasteiger partial charge is 0.273 e. The summed E-state index contributed by atoms with van der Waals surface area (Å²) >= 11 is 0. The highest BCUT2D eigenvalue weighted by molar-refractivity contribution is 6.00. The Bertz CT molecular complexity index is 1020. The number of unbranched alkanes of at least 4 members (excludes halogenated alkanes) is 2. The summed E-state index contributed by atoms with van der Waals surface area (Å²) in [6, 6.07) is 17.0. The number of fused-ring (bicyclic) bond motifs is 1. The summed E-state index contributed by atoms with van der Waals surface area (Å²) in [6.45, 7) is 9.44. The first-order valence-electron chi connectivity index (χ1n) is 11.1. The Labute approximate surface area is 179 Å². The fraction of sp³-hybridized carbons (Fsp3) is 0.385. The Morgan fingerprint density at radius 1 is 1.03 bits per heavy atom.